The van der Waals surface area contributed by atoms with Crippen LogP contribution in [0.4, 0.5) is 0 Å². The lowest BCUT2D eigenvalue weighted by Gasteiger charge is -2.19. The predicted molar refractivity (Wildman–Crippen MR) is 91.4 cm³/mol. The first-order valence-corrected chi connectivity index (χ1v) is 9.08. The van der Waals surface area contributed by atoms with E-state index >= 15 is 0 Å². The average molecular weight is 317 g/mol. The molecule has 0 saturated heterocycles. The Balaban J connectivity index is 3.40. The van der Waals surface area contributed by atoms with Crippen molar-refractivity contribution in [1.29, 1.82) is 0 Å². The maximum atomic E-state index is 9.76. The van der Waals surface area contributed by atoms with Gasteiger partial charge in [-0.05, 0) is 32.1 Å². The predicted octanol–water partition coefficient (Wildman–Crippen LogP) is 2.18. The van der Waals surface area contributed by atoms with E-state index in [-0.39, 0.29) is 6.61 Å². The van der Waals surface area contributed by atoms with Gasteiger partial charge in [0.25, 0.3) is 0 Å². The summed E-state index contributed by atoms with van der Waals surface area (Å²) in [5, 5.41) is 28.3. The van der Waals surface area contributed by atoms with Crippen LogP contribution < -0.4 is 5.73 Å². The molecule has 0 rings (SSSR count). The van der Waals surface area contributed by atoms with E-state index in [1.54, 1.807) is 0 Å². The van der Waals surface area contributed by atoms with E-state index in [0.717, 1.165) is 19.3 Å². The molecular formula is C18H38NO3+. The lowest BCUT2D eigenvalue weighted by molar-refractivity contribution is -0.447. The van der Waals surface area contributed by atoms with Gasteiger partial charge < -0.3 is 21.1 Å². The zero-order chi connectivity index (χ0) is 16.6. The number of aliphatic hydroxyl groups is 3. The number of quaternary nitrogens is 1. The highest BCUT2D eigenvalue weighted by Gasteiger charge is 2.24. The van der Waals surface area contributed by atoms with Crippen molar-refractivity contribution >= 4 is 0 Å². The van der Waals surface area contributed by atoms with E-state index in [0.29, 0.717) is 6.42 Å². The van der Waals surface area contributed by atoms with E-state index in [2.05, 4.69) is 24.8 Å². The van der Waals surface area contributed by atoms with Crippen LogP contribution in [0.15, 0.2) is 12.2 Å². The molecule has 0 heterocycles. The third kappa shape index (κ3) is 12.2. The lowest BCUT2D eigenvalue weighted by atomic mass is 10.0. The summed E-state index contributed by atoms with van der Waals surface area (Å²) in [7, 11) is 0. The van der Waals surface area contributed by atoms with Gasteiger partial charge in [-0.15, -0.1) is 0 Å². The molecule has 0 saturated carbocycles. The molecule has 3 atom stereocenters. The Morgan fingerprint density at radius 1 is 0.864 bits per heavy atom. The van der Waals surface area contributed by atoms with Gasteiger partial charge in [0.15, 0.2) is 0 Å². The summed E-state index contributed by atoms with van der Waals surface area (Å²) >= 11 is 0. The van der Waals surface area contributed by atoms with Gasteiger partial charge in [0, 0.05) is 0 Å². The van der Waals surface area contributed by atoms with Crippen LogP contribution in [-0.4, -0.2) is 40.2 Å². The maximum Gasteiger partial charge on any atom is 0.136 e. The van der Waals surface area contributed by atoms with Crippen molar-refractivity contribution in [3.63, 3.8) is 0 Å². The first kappa shape index (κ1) is 21.6. The Hall–Kier alpha value is -0.420. The second-order valence-corrected chi connectivity index (χ2v) is 6.31. The van der Waals surface area contributed by atoms with Gasteiger partial charge >= 0.3 is 0 Å². The van der Waals surface area contributed by atoms with E-state index in [9.17, 15) is 10.2 Å². The fourth-order valence-electron chi connectivity index (χ4n) is 2.49. The summed E-state index contributed by atoms with van der Waals surface area (Å²) in [5.74, 6) is 0. The van der Waals surface area contributed by atoms with Gasteiger partial charge in [0.05, 0.1) is 12.7 Å². The first-order valence-electron chi connectivity index (χ1n) is 9.08. The third-order valence-corrected chi connectivity index (χ3v) is 4.12. The second-order valence-electron chi connectivity index (χ2n) is 6.31. The van der Waals surface area contributed by atoms with Gasteiger partial charge in [-0.25, -0.2) is 0 Å². The van der Waals surface area contributed by atoms with Crippen LogP contribution in [0.1, 0.15) is 77.6 Å². The largest absolute Gasteiger partial charge is 0.390 e. The third-order valence-electron chi connectivity index (χ3n) is 4.12. The fourth-order valence-corrected chi connectivity index (χ4v) is 2.49. The zero-order valence-corrected chi connectivity index (χ0v) is 14.4. The van der Waals surface area contributed by atoms with Crippen LogP contribution in [-0.2, 0) is 0 Å². The van der Waals surface area contributed by atoms with Crippen molar-refractivity contribution in [3.05, 3.63) is 12.2 Å². The molecule has 0 bridgehead atoms. The van der Waals surface area contributed by atoms with Crippen molar-refractivity contribution in [2.24, 2.45) is 0 Å². The van der Waals surface area contributed by atoms with E-state index in [4.69, 9.17) is 5.11 Å². The van der Waals surface area contributed by atoms with Gasteiger partial charge in [-0.3, -0.25) is 0 Å². The Labute approximate surface area is 136 Å². The van der Waals surface area contributed by atoms with E-state index < -0.39 is 18.2 Å². The molecule has 132 valence electrons. The smallest absolute Gasteiger partial charge is 0.136 e. The molecule has 0 spiro atoms. The van der Waals surface area contributed by atoms with Crippen molar-refractivity contribution in [2.75, 3.05) is 6.61 Å². The average Bonchev–Trinajstić information content (AvgIpc) is 2.54. The highest BCUT2D eigenvalue weighted by atomic mass is 16.3. The van der Waals surface area contributed by atoms with Crippen molar-refractivity contribution < 1.29 is 21.1 Å². The molecule has 0 aromatic heterocycles. The van der Waals surface area contributed by atoms with Crippen LogP contribution in [0.3, 0.4) is 0 Å². The van der Waals surface area contributed by atoms with Crippen molar-refractivity contribution in [3.8, 4) is 0 Å². The Morgan fingerprint density at radius 2 is 1.41 bits per heavy atom. The summed E-state index contributed by atoms with van der Waals surface area (Å²) in [4.78, 5) is 0. The molecule has 0 aromatic carbocycles. The Morgan fingerprint density at radius 3 is 2.00 bits per heavy atom. The minimum absolute atomic E-state index is 0.198. The topological polar surface area (TPSA) is 88.3 Å². The molecule has 0 fully saturated rings. The lowest BCUT2D eigenvalue weighted by Crippen LogP contribution is -2.70. The minimum atomic E-state index is -0.929. The quantitative estimate of drug-likeness (QED) is 0.276. The molecule has 4 heteroatoms. The Kier molecular flexibility index (Phi) is 15.2. The fraction of sp³-hybridized carbons (Fsp3) is 0.889. The van der Waals surface area contributed by atoms with Crippen molar-refractivity contribution in [2.45, 2.75) is 95.8 Å². The number of hydrogen-bond donors (Lipinski definition) is 4. The van der Waals surface area contributed by atoms with Gasteiger partial charge in [0.2, 0.25) is 0 Å². The maximum absolute atomic E-state index is 9.76. The van der Waals surface area contributed by atoms with Gasteiger partial charge in [-0.2, -0.15) is 0 Å². The summed E-state index contributed by atoms with van der Waals surface area (Å²) in [6.45, 7) is 2.05. The van der Waals surface area contributed by atoms with E-state index in [1.807, 2.05) is 0 Å². The molecule has 4 nitrogen and oxygen atoms in total. The molecule has 0 aliphatic rings. The first-order chi connectivity index (χ1) is 10.6. The highest BCUT2D eigenvalue weighted by molar-refractivity contribution is 4.82. The van der Waals surface area contributed by atoms with Crippen LogP contribution >= 0.6 is 0 Å². The zero-order valence-electron chi connectivity index (χ0n) is 14.4. The molecule has 0 radical (unpaired) electrons. The van der Waals surface area contributed by atoms with Crippen LogP contribution in [0.5, 0.6) is 0 Å². The molecule has 0 aromatic rings. The Bertz CT molecular complexity index is 259. The molecule has 0 unspecified atom stereocenters. The monoisotopic (exact) mass is 316 g/mol. The highest BCUT2D eigenvalue weighted by Crippen LogP contribution is 2.10. The summed E-state index contributed by atoms with van der Waals surface area (Å²) < 4.78 is 0. The van der Waals surface area contributed by atoms with Crippen LogP contribution in [0.2, 0.25) is 0 Å². The minimum Gasteiger partial charge on any atom is -0.390 e. The normalized spacial score (nSPS) is 16.0. The standard InChI is InChI=1S/C18H37NO3/c1-2-3-4-5-6-7-8-9-10-11-12-13-14-17(21)18(22)16(19)15-20/h10-11,16-18,20-22H,2-9,12-15,19H2,1H3/p+1/t16-,17+,18-/m0/s1. The van der Waals surface area contributed by atoms with Crippen LogP contribution in [0.25, 0.3) is 0 Å². The van der Waals surface area contributed by atoms with Crippen LogP contribution in [0, 0.1) is 0 Å². The number of aliphatic hydroxyl groups excluding tert-OH is 3. The molecule has 6 N–H and O–H groups in total. The second kappa shape index (κ2) is 15.5. The summed E-state index contributed by atoms with van der Waals surface area (Å²) in [6.07, 6.45) is 15.5. The molecule has 22 heavy (non-hydrogen) atoms. The summed E-state index contributed by atoms with van der Waals surface area (Å²) in [5.41, 5.74) is 3.61. The van der Waals surface area contributed by atoms with Crippen molar-refractivity contribution in [1.82, 2.24) is 0 Å². The molecule has 0 amide bonds. The SMILES string of the molecule is CCCCCCCCCC=CCCC[C@@H](O)[C@@H](O)[C@@H]([NH3+])CO. The number of rotatable bonds is 15. The van der Waals surface area contributed by atoms with Gasteiger partial charge in [-0.1, -0.05) is 57.6 Å². The number of allylic oxidation sites excluding steroid dienone is 2. The number of hydrogen-bond acceptors (Lipinski definition) is 3. The summed E-state index contributed by atoms with van der Waals surface area (Å²) in [6, 6.07) is -0.511. The van der Waals surface area contributed by atoms with Gasteiger partial charge in [0.1, 0.15) is 12.1 Å². The molecule has 0 aliphatic heterocycles. The molecular weight excluding hydrogens is 278 g/mol. The molecule has 0 aliphatic carbocycles. The van der Waals surface area contributed by atoms with E-state index in [1.165, 1.54) is 44.9 Å². The number of unbranched alkanes of at least 4 members (excludes halogenated alkanes) is 8.